The van der Waals surface area contributed by atoms with Gasteiger partial charge in [0.2, 0.25) is 5.95 Å². The van der Waals surface area contributed by atoms with Crippen molar-refractivity contribution in [3.8, 4) is 0 Å². The molecule has 1 atom stereocenters. The van der Waals surface area contributed by atoms with Crippen molar-refractivity contribution in [3.05, 3.63) is 53.6 Å². The Bertz CT molecular complexity index is 1200. The maximum Gasteiger partial charge on any atom is 0.416 e. The van der Waals surface area contributed by atoms with Crippen LogP contribution in [0.4, 0.5) is 39.5 Å². The van der Waals surface area contributed by atoms with E-state index in [-0.39, 0.29) is 23.5 Å². The highest BCUT2D eigenvalue weighted by Crippen LogP contribution is 2.35. The summed E-state index contributed by atoms with van der Waals surface area (Å²) < 4.78 is 68.0. The topological polar surface area (TPSA) is 75.0 Å². The van der Waals surface area contributed by atoms with E-state index in [1.54, 1.807) is 10.7 Å². The van der Waals surface area contributed by atoms with Crippen molar-refractivity contribution >= 4 is 17.6 Å². The Labute approximate surface area is 197 Å². The summed E-state index contributed by atoms with van der Waals surface area (Å²) in [6, 6.07) is 3.41. The first-order valence-corrected chi connectivity index (χ1v) is 11.1. The van der Waals surface area contributed by atoms with Gasteiger partial charge < -0.3 is 10.2 Å². The third-order valence-electron chi connectivity index (χ3n) is 6.06. The number of likely N-dealkylation sites (tertiary alicyclic amines) is 1. The average Bonchev–Trinajstić information content (AvgIpc) is 3.40. The molecule has 0 aliphatic carbocycles. The van der Waals surface area contributed by atoms with Crippen molar-refractivity contribution in [2.75, 3.05) is 36.4 Å². The van der Waals surface area contributed by atoms with E-state index in [0.29, 0.717) is 12.2 Å². The Hall–Kier alpha value is -3.35. The van der Waals surface area contributed by atoms with Crippen LogP contribution in [0.2, 0.25) is 0 Å². The van der Waals surface area contributed by atoms with Crippen molar-refractivity contribution < 1.29 is 22.0 Å². The number of nitrogens with one attached hydrogen (secondary N) is 1. The molecule has 2 saturated heterocycles. The van der Waals surface area contributed by atoms with Gasteiger partial charge >= 0.3 is 6.18 Å². The lowest BCUT2D eigenvalue weighted by molar-refractivity contribution is -0.137. The highest BCUT2D eigenvalue weighted by Gasteiger charge is 2.45. The van der Waals surface area contributed by atoms with Crippen LogP contribution in [0, 0.1) is 0 Å². The summed E-state index contributed by atoms with van der Waals surface area (Å²) >= 11 is 0. The Morgan fingerprint density at radius 1 is 1.14 bits per heavy atom. The van der Waals surface area contributed by atoms with Gasteiger partial charge in [-0.1, -0.05) is 0 Å². The third-order valence-corrected chi connectivity index (χ3v) is 6.06. The van der Waals surface area contributed by atoms with Gasteiger partial charge in [-0.25, -0.2) is 18.7 Å². The van der Waals surface area contributed by atoms with Crippen molar-refractivity contribution in [1.82, 2.24) is 29.6 Å². The lowest BCUT2D eigenvalue weighted by Gasteiger charge is -2.38. The standard InChI is InChI=1S/C22H23F5N8/c1-33-9-14(8-29-33)10-34-5-3-15(11-34)17-7-19(32-20(30-17)35-12-21(23,24)13-35)31-18-6-16(2-4-28-18)22(25,26)27/h2,4,6-9,15H,3,5,10-13H2,1H3,(H,28,30,31,32). The molecule has 2 aliphatic rings. The van der Waals surface area contributed by atoms with Gasteiger partial charge in [-0.15, -0.1) is 0 Å². The van der Waals surface area contributed by atoms with Crippen LogP contribution < -0.4 is 10.2 Å². The summed E-state index contributed by atoms with van der Waals surface area (Å²) in [4.78, 5) is 16.4. The van der Waals surface area contributed by atoms with E-state index in [1.165, 1.54) is 4.90 Å². The van der Waals surface area contributed by atoms with Crippen molar-refractivity contribution in [2.45, 2.75) is 31.0 Å². The van der Waals surface area contributed by atoms with E-state index >= 15 is 0 Å². The Balaban J connectivity index is 1.38. The molecule has 3 aromatic heterocycles. The lowest BCUT2D eigenvalue weighted by atomic mass is 10.0. The number of anilines is 3. The maximum absolute atomic E-state index is 13.5. The molecule has 1 unspecified atom stereocenters. The van der Waals surface area contributed by atoms with Crippen LogP contribution >= 0.6 is 0 Å². The van der Waals surface area contributed by atoms with Crippen LogP contribution in [-0.2, 0) is 19.8 Å². The number of aromatic nitrogens is 5. The molecule has 0 spiro atoms. The van der Waals surface area contributed by atoms with Gasteiger partial charge in [-0.05, 0) is 25.1 Å². The van der Waals surface area contributed by atoms with Gasteiger partial charge in [0.25, 0.3) is 5.92 Å². The zero-order chi connectivity index (χ0) is 24.8. The second-order valence-electron chi connectivity index (χ2n) is 8.99. The molecule has 1 N–H and O–H groups in total. The van der Waals surface area contributed by atoms with E-state index in [1.807, 2.05) is 19.4 Å². The molecule has 0 amide bonds. The smallest absolute Gasteiger partial charge is 0.329 e. The molecular weight excluding hydrogens is 471 g/mol. The number of alkyl halides is 5. The fourth-order valence-electron chi connectivity index (χ4n) is 4.36. The molecule has 13 heteroatoms. The minimum atomic E-state index is -4.52. The Kier molecular flexibility index (Phi) is 5.82. The van der Waals surface area contributed by atoms with Gasteiger partial charge in [0.15, 0.2) is 0 Å². The second-order valence-corrected chi connectivity index (χ2v) is 8.99. The summed E-state index contributed by atoms with van der Waals surface area (Å²) in [5.74, 6) is -2.52. The maximum atomic E-state index is 13.5. The number of aryl methyl sites for hydroxylation is 1. The quantitative estimate of drug-likeness (QED) is 0.523. The summed E-state index contributed by atoms with van der Waals surface area (Å²) in [5, 5.41) is 6.98. The van der Waals surface area contributed by atoms with Crippen LogP contribution in [0.3, 0.4) is 0 Å². The molecule has 186 valence electrons. The van der Waals surface area contributed by atoms with Gasteiger partial charge in [0.1, 0.15) is 11.6 Å². The van der Waals surface area contributed by atoms with E-state index in [9.17, 15) is 22.0 Å². The Morgan fingerprint density at radius 2 is 1.94 bits per heavy atom. The van der Waals surface area contributed by atoms with Crippen molar-refractivity contribution in [2.24, 2.45) is 7.05 Å². The van der Waals surface area contributed by atoms with Crippen molar-refractivity contribution in [1.29, 1.82) is 0 Å². The van der Waals surface area contributed by atoms with Crippen LogP contribution in [0.15, 0.2) is 36.8 Å². The number of halogens is 5. The lowest BCUT2D eigenvalue weighted by Crippen LogP contribution is -2.57. The number of hydrogen-bond donors (Lipinski definition) is 1. The van der Waals surface area contributed by atoms with E-state index in [2.05, 4.69) is 30.3 Å². The predicted molar refractivity (Wildman–Crippen MR) is 118 cm³/mol. The van der Waals surface area contributed by atoms with Gasteiger partial charge in [-0.2, -0.15) is 23.3 Å². The number of nitrogens with zero attached hydrogens (tertiary/aromatic N) is 7. The number of rotatable bonds is 6. The van der Waals surface area contributed by atoms with E-state index < -0.39 is 30.8 Å². The Morgan fingerprint density at radius 3 is 2.63 bits per heavy atom. The minimum absolute atomic E-state index is 0.0187. The van der Waals surface area contributed by atoms with Gasteiger partial charge in [-0.3, -0.25) is 9.58 Å². The first-order valence-electron chi connectivity index (χ1n) is 11.1. The molecule has 8 nitrogen and oxygen atoms in total. The fraction of sp³-hybridized carbons (Fsp3) is 0.455. The van der Waals surface area contributed by atoms with E-state index in [4.69, 9.17) is 0 Å². The third kappa shape index (κ3) is 5.34. The summed E-state index contributed by atoms with van der Waals surface area (Å²) in [7, 11) is 1.85. The SMILES string of the molecule is Cn1cc(CN2CCC(c3cc(Nc4cc(C(F)(F)F)ccn4)nc(N4CC(F)(F)C4)n3)C2)cn1. The largest absolute Gasteiger partial charge is 0.416 e. The molecule has 0 saturated carbocycles. The number of hydrogen-bond acceptors (Lipinski definition) is 7. The monoisotopic (exact) mass is 494 g/mol. The molecule has 5 heterocycles. The summed E-state index contributed by atoms with van der Waals surface area (Å²) in [5.41, 5.74) is 0.874. The molecule has 3 aromatic rings. The first-order chi connectivity index (χ1) is 16.5. The van der Waals surface area contributed by atoms with E-state index in [0.717, 1.165) is 43.4 Å². The van der Waals surface area contributed by atoms with Crippen LogP contribution in [0.5, 0.6) is 0 Å². The van der Waals surface area contributed by atoms with Gasteiger partial charge in [0.05, 0.1) is 30.5 Å². The molecule has 0 radical (unpaired) electrons. The molecule has 2 aliphatic heterocycles. The zero-order valence-corrected chi connectivity index (χ0v) is 18.8. The van der Waals surface area contributed by atoms with Crippen LogP contribution in [-0.4, -0.2) is 61.7 Å². The van der Waals surface area contributed by atoms with Crippen molar-refractivity contribution in [3.63, 3.8) is 0 Å². The number of pyridine rings is 1. The zero-order valence-electron chi connectivity index (χ0n) is 18.8. The highest BCUT2D eigenvalue weighted by atomic mass is 19.4. The second kappa shape index (κ2) is 8.70. The molecule has 0 aromatic carbocycles. The summed E-state index contributed by atoms with van der Waals surface area (Å²) in [6.45, 7) is 1.23. The first kappa shape index (κ1) is 23.4. The fourth-order valence-corrected chi connectivity index (χ4v) is 4.36. The molecule has 5 rings (SSSR count). The average molecular weight is 494 g/mol. The van der Waals surface area contributed by atoms with Crippen LogP contribution in [0.1, 0.15) is 29.2 Å². The highest BCUT2D eigenvalue weighted by molar-refractivity contribution is 5.56. The normalized spacial score (nSPS) is 20.2. The van der Waals surface area contributed by atoms with Crippen LogP contribution in [0.25, 0.3) is 0 Å². The molecular formula is C22H23F5N8. The molecule has 35 heavy (non-hydrogen) atoms. The minimum Gasteiger partial charge on any atom is -0.329 e. The van der Waals surface area contributed by atoms with Gasteiger partial charge in [0, 0.05) is 50.1 Å². The summed E-state index contributed by atoms with van der Waals surface area (Å²) in [6.07, 6.45) is 1.09. The predicted octanol–water partition coefficient (Wildman–Crippen LogP) is 3.81. The molecule has 0 bridgehead atoms. The molecule has 2 fully saturated rings.